The van der Waals surface area contributed by atoms with Gasteiger partial charge in [0, 0.05) is 15.9 Å². The molecule has 4 rings (SSSR count). The highest BCUT2D eigenvalue weighted by molar-refractivity contribution is 6.32. The number of carboxylic acids is 1. The van der Waals surface area contributed by atoms with Crippen LogP contribution in [0.2, 0.25) is 5.02 Å². The van der Waals surface area contributed by atoms with Crippen molar-refractivity contribution in [1.82, 2.24) is 10.3 Å². The van der Waals surface area contributed by atoms with Crippen LogP contribution in [0.5, 0.6) is 0 Å². The van der Waals surface area contributed by atoms with Crippen molar-refractivity contribution in [3.05, 3.63) is 82.9 Å². The Hall–Kier alpha value is -3.61. The van der Waals surface area contributed by atoms with E-state index in [0.717, 1.165) is 44.4 Å². The summed E-state index contributed by atoms with van der Waals surface area (Å²) in [6.45, 7) is 2.41. The number of halogens is 1. The number of H-pyrrole nitrogens is 1. The van der Waals surface area contributed by atoms with Crippen LogP contribution in [0.25, 0.3) is 33.3 Å². The molecule has 6 nitrogen and oxygen atoms in total. The predicted octanol–water partition coefficient (Wildman–Crippen LogP) is 5.70. The molecule has 1 amide bonds. The van der Waals surface area contributed by atoms with Gasteiger partial charge in [-0.2, -0.15) is 0 Å². The molecule has 1 unspecified atom stereocenters. The highest BCUT2D eigenvalue weighted by atomic mass is 35.5. The van der Waals surface area contributed by atoms with Gasteiger partial charge >= 0.3 is 5.97 Å². The number of nitrogens with one attached hydrogen (secondary N) is 2. The van der Waals surface area contributed by atoms with Gasteiger partial charge in [0.1, 0.15) is 6.04 Å². The van der Waals surface area contributed by atoms with E-state index in [1.807, 2.05) is 49.4 Å². The Balaban J connectivity index is 1.67. The third-order valence-corrected chi connectivity index (χ3v) is 6.79. The summed E-state index contributed by atoms with van der Waals surface area (Å²) in [7, 11) is 0. The maximum Gasteiger partial charge on any atom is 0.326 e. The number of fused-ring (bicyclic) bond motifs is 1. The summed E-state index contributed by atoms with van der Waals surface area (Å²) >= 11 is 6.38. The van der Waals surface area contributed by atoms with E-state index in [4.69, 9.17) is 17.3 Å². The van der Waals surface area contributed by atoms with Gasteiger partial charge in [0.25, 0.3) is 0 Å². The fraction of sp³-hybridized carbons (Fsp3) is 0.241. The van der Waals surface area contributed by atoms with Crippen molar-refractivity contribution >= 4 is 34.4 Å². The first-order valence-corrected chi connectivity index (χ1v) is 12.4. The van der Waals surface area contributed by atoms with E-state index in [0.29, 0.717) is 30.8 Å². The zero-order valence-corrected chi connectivity index (χ0v) is 20.9. The molecule has 0 saturated heterocycles. The molecule has 0 bridgehead atoms. The molecule has 3 aromatic carbocycles. The lowest BCUT2D eigenvalue weighted by molar-refractivity contribution is -0.142. The quantitative estimate of drug-likeness (QED) is 0.208. The van der Waals surface area contributed by atoms with E-state index in [1.54, 1.807) is 0 Å². The molecule has 0 aliphatic heterocycles. The first kappa shape index (κ1) is 25.5. The van der Waals surface area contributed by atoms with Crippen molar-refractivity contribution in [1.29, 1.82) is 0 Å². The summed E-state index contributed by atoms with van der Waals surface area (Å²) in [5.74, 6) is -1.38. The third-order valence-electron chi connectivity index (χ3n) is 6.38. The minimum absolute atomic E-state index is 0.0392. The van der Waals surface area contributed by atoms with E-state index >= 15 is 0 Å². The number of carboxylic acid groups (broad SMARTS) is 1. The Morgan fingerprint density at radius 2 is 1.67 bits per heavy atom. The van der Waals surface area contributed by atoms with E-state index in [1.165, 1.54) is 0 Å². The Labute approximate surface area is 215 Å². The maximum absolute atomic E-state index is 13.0. The highest BCUT2D eigenvalue weighted by Gasteiger charge is 2.22. The van der Waals surface area contributed by atoms with Crippen molar-refractivity contribution in [2.45, 2.75) is 38.6 Å². The van der Waals surface area contributed by atoms with Crippen LogP contribution in [-0.2, 0) is 16.0 Å². The summed E-state index contributed by atoms with van der Waals surface area (Å²) in [5, 5.41) is 13.8. The molecule has 36 heavy (non-hydrogen) atoms. The molecule has 0 radical (unpaired) electrons. The maximum atomic E-state index is 13.0. The number of aromatic nitrogens is 1. The largest absolute Gasteiger partial charge is 0.480 e. The second-order valence-electron chi connectivity index (χ2n) is 8.99. The van der Waals surface area contributed by atoms with E-state index in [2.05, 4.69) is 34.6 Å². The minimum atomic E-state index is -1.04. The average Bonchev–Trinajstić information content (AvgIpc) is 3.21. The number of benzene rings is 3. The molecule has 0 aliphatic rings. The molecule has 7 heteroatoms. The fourth-order valence-corrected chi connectivity index (χ4v) is 4.59. The Kier molecular flexibility index (Phi) is 8.08. The topological polar surface area (TPSA) is 108 Å². The van der Waals surface area contributed by atoms with Crippen LogP contribution in [0.3, 0.4) is 0 Å². The summed E-state index contributed by atoms with van der Waals surface area (Å²) in [6, 6.07) is 21.2. The lowest BCUT2D eigenvalue weighted by Gasteiger charge is -2.15. The number of aliphatic carboxylic acids is 1. The van der Waals surface area contributed by atoms with Crippen molar-refractivity contribution in [3.63, 3.8) is 0 Å². The van der Waals surface area contributed by atoms with E-state index < -0.39 is 12.0 Å². The fourth-order valence-electron chi connectivity index (χ4n) is 4.43. The summed E-state index contributed by atoms with van der Waals surface area (Å²) in [6.07, 6.45) is 1.73. The van der Waals surface area contributed by atoms with Crippen LogP contribution >= 0.6 is 11.6 Å². The Morgan fingerprint density at radius 3 is 2.33 bits per heavy atom. The van der Waals surface area contributed by atoms with Gasteiger partial charge in [0.15, 0.2) is 0 Å². The van der Waals surface area contributed by atoms with E-state index in [-0.39, 0.29) is 12.3 Å². The third kappa shape index (κ3) is 5.78. The van der Waals surface area contributed by atoms with Gasteiger partial charge in [-0.25, -0.2) is 4.79 Å². The summed E-state index contributed by atoms with van der Waals surface area (Å²) in [5.41, 5.74) is 12.0. The van der Waals surface area contributed by atoms with E-state index in [9.17, 15) is 14.7 Å². The number of unbranched alkanes of at least 4 members (excludes halogenated alkanes) is 1. The molecule has 1 aromatic heterocycles. The van der Waals surface area contributed by atoms with Crippen LogP contribution in [0, 0.1) is 6.92 Å². The Morgan fingerprint density at radius 1 is 1.00 bits per heavy atom. The lowest BCUT2D eigenvalue weighted by Crippen LogP contribution is -2.41. The first-order chi connectivity index (χ1) is 17.4. The smallest absolute Gasteiger partial charge is 0.326 e. The summed E-state index contributed by atoms with van der Waals surface area (Å²) in [4.78, 5) is 28.2. The van der Waals surface area contributed by atoms with Gasteiger partial charge in [-0.05, 0) is 72.7 Å². The standard InChI is InChI=1S/C29H30ClN3O3/c1-18-15-22-23(16-27(34)32-25(29(35)36)9-5-6-14-31)28(33-26(22)17-24(18)30)21-12-10-20(11-13-21)19-7-3-2-4-8-19/h2-4,7-8,10-13,15,17,25,33H,5-6,9,14,16,31H2,1H3,(H,32,34)(H,35,36). The molecule has 0 fully saturated rings. The number of aryl methyl sites for hydroxylation is 1. The number of hydrogen-bond donors (Lipinski definition) is 4. The van der Waals surface area contributed by atoms with Gasteiger partial charge in [0.05, 0.1) is 12.1 Å². The number of nitrogens with two attached hydrogens (primary N) is 1. The van der Waals surface area contributed by atoms with Crippen LogP contribution in [0.15, 0.2) is 66.7 Å². The molecule has 1 atom stereocenters. The molecular weight excluding hydrogens is 474 g/mol. The molecule has 0 spiro atoms. The molecular formula is C29H30ClN3O3. The number of amides is 1. The highest BCUT2D eigenvalue weighted by Crippen LogP contribution is 2.34. The zero-order chi connectivity index (χ0) is 25.7. The monoisotopic (exact) mass is 503 g/mol. The van der Waals surface area contributed by atoms with Gasteiger partial charge in [-0.15, -0.1) is 0 Å². The number of carbonyl (C=O) groups is 2. The van der Waals surface area contributed by atoms with Crippen LogP contribution in [-0.4, -0.2) is 34.6 Å². The molecule has 1 heterocycles. The SMILES string of the molecule is Cc1cc2c(CC(=O)NC(CCCCN)C(=O)O)c(-c3ccc(-c4ccccc4)cc3)[nH]c2cc1Cl. The van der Waals surface area contributed by atoms with Gasteiger partial charge < -0.3 is 21.1 Å². The predicted molar refractivity (Wildman–Crippen MR) is 145 cm³/mol. The first-order valence-electron chi connectivity index (χ1n) is 12.1. The lowest BCUT2D eigenvalue weighted by atomic mass is 9.98. The molecule has 5 N–H and O–H groups in total. The molecule has 4 aromatic rings. The Bertz CT molecular complexity index is 1360. The van der Waals surface area contributed by atoms with Crippen LogP contribution in [0.1, 0.15) is 30.4 Å². The van der Waals surface area contributed by atoms with Crippen molar-refractivity contribution in [2.75, 3.05) is 6.54 Å². The second kappa shape index (κ2) is 11.4. The van der Waals surface area contributed by atoms with Crippen LogP contribution in [0.4, 0.5) is 0 Å². The molecule has 0 aliphatic carbocycles. The van der Waals surface area contributed by atoms with Gasteiger partial charge in [0.2, 0.25) is 5.91 Å². The summed E-state index contributed by atoms with van der Waals surface area (Å²) < 4.78 is 0. The molecule has 0 saturated carbocycles. The minimum Gasteiger partial charge on any atom is -0.480 e. The normalized spacial score (nSPS) is 12.0. The number of hydrogen-bond acceptors (Lipinski definition) is 3. The van der Waals surface area contributed by atoms with Crippen molar-refractivity contribution in [3.8, 4) is 22.4 Å². The number of rotatable bonds is 10. The number of carbonyl (C=O) groups excluding carboxylic acids is 1. The molecule has 186 valence electrons. The second-order valence-corrected chi connectivity index (χ2v) is 9.40. The average molecular weight is 504 g/mol. The van der Waals surface area contributed by atoms with Gasteiger partial charge in [-0.1, -0.05) is 66.2 Å². The zero-order valence-electron chi connectivity index (χ0n) is 20.2. The van der Waals surface area contributed by atoms with Crippen molar-refractivity contribution in [2.24, 2.45) is 5.73 Å². The van der Waals surface area contributed by atoms with Crippen molar-refractivity contribution < 1.29 is 14.7 Å². The van der Waals surface area contributed by atoms with Crippen LogP contribution < -0.4 is 11.1 Å². The number of aromatic amines is 1. The van der Waals surface area contributed by atoms with Gasteiger partial charge in [-0.3, -0.25) is 4.79 Å².